The third-order valence-electron chi connectivity index (χ3n) is 4.37. The van der Waals surface area contributed by atoms with Crippen LogP contribution in [-0.4, -0.2) is 11.8 Å². The summed E-state index contributed by atoms with van der Waals surface area (Å²) in [4.78, 5) is 24.5. The quantitative estimate of drug-likeness (QED) is 0.563. The monoisotopic (exact) mass is 406 g/mol. The van der Waals surface area contributed by atoms with Gasteiger partial charge in [-0.3, -0.25) is 9.59 Å². The van der Waals surface area contributed by atoms with E-state index in [1.807, 2.05) is 13.8 Å². The van der Waals surface area contributed by atoms with E-state index in [-0.39, 0.29) is 30.2 Å². The fraction of sp³-hybridized carbons (Fsp3) is 0.167. The van der Waals surface area contributed by atoms with Crippen LogP contribution in [-0.2, 0) is 11.4 Å². The Morgan fingerprint density at radius 1 is 0.867 bits per heavy atom. The van der Waals surface area contributed by atoms with E-state index >= 15 is 0 Å². The largest absolute Gasteiger partial charge is 0.488 e. The van der Waals surface area contributed by atoms with Crippen molar-refractivity contribution in [3.05, 3.63) is 89.7 Å². The molecule has 2 N–H and O–H groups in total. The van der Waals surface area contributed by atoms with E-state index < -0.39 is 0 Å². The van der Waals surface area contributed by atoms with Gasteiger partial charge in [-0.2, -0.15) is 0 Å². The van der Waals surface area contributed by atoms with Crippen molar-refractivity contribution in [2.75, 3.05) is 10.6 Å². The standard InChI is InChI=1S/C24H23FN2O3/c1-16(2)23(28)26-19-11-13-20(14-12-19)27-24(29)21-5-3-4-6-22(21)30-15-17-7-9-18(25)10-8-17/h3-14,16H,15H2,1-2H3,(H,26,28)(H,27,29). The van der Waals surface area contributed by atoms with Gasteiger partial charge in [0, 0.05) is 17.3 Å². The second kappa shape index (κ2) is 9.69. The Morgan fingerprint density at radius 2 is 1.47 bits per heavy atom. The smallest absolute Gasteiger partial charge is 0.259 e. The number of hydrogen-bond acceptors (Lipinski definition) is 3. The Balaban J connectivity index is 1.65. The minimum atomic E-state index is -0.316. The van der Waals surface area contributed by atoms with Gasteiger partial charge in [0.1, 0.15) is 18.2 Å². The molecule has 0 fully saturated rings. The van der Waals surface area contributed by atoms with Crippen LogP contribution in [0.5, 0.6) is 5.75 Å². The molecule has 6 heteroatoms. The number of para-hydroxylation sites is 1. The maximum absolute atomic E-state index is 13.0. The van der Waals surface area contributed by atoms with Crippen LogP contribution in [0, 0.1) is 11.7 Å². The molecule has 0 spiro atoms. The molecule has 0 saturated carbocycles. The van der Waals surface area contributed by atoms with Gasteiger partial charge >= 0.3 is 0 Å². The summed E-state index contributed by atoms with van der Waals surface area (Å²) in [5.74, 6) is -0.382. The number of halogens is 1. The minimum absolute atomic E-state index is 0.0704. The molecule has 0 aliphatic carbocycles. The number of ether oxygens (including phenoxy) is 1. The highest BCUT2D eigenvalue weighted by Gasteiger charge is 2.13. The van der Waals surface area contributed by atoms with Crippen LogP contribution >= 0.6 is 0 Å². The lowest BCUT2D eigenvalue weighted by molar-refractivity contribution is -0.118. The molecule has 0 radical (unpaired) electrons. The molecular formula is C24H23FN2O3. The Bertz CT molecular complexity index is 1020. The van der Waals surface area contributed by atoms with Crippen molar-refractivity contribution in [2.45, 2.75) is 20.5 Å². The molecule has 0 aromatic heterocycles. The van der Waals surface area contributed by atoms with Crippen molar-refractivity contribution in [2.24, 2.45) is 5.92 Å². The Hall–Kier alpha value is -3.67. The molecule has 154 valence electrons. The van der Waals surface area contributed by atoms with Crippen molar-refractivity contribution in [3.8, 4) is 5.75 Å². The lowest BCUT2D eigenvalue weighted by Crippen LogP contribution is -2.17. The molecule has 5 nitrogen and oxygen atoms in total. The lowest BCUT2D eigenvalue weighted by atomic mass is 10.1. The molecule has 0 bridgehead atoms. The third kappa shape index (κ3) is 5.67. The van der Waals surface area contributed by atoms with Gasteiger partial charge in [-0.25, -0.2) is 4.39 Å². The van der Waals surface area contributed by atoms with E-state index in [1.54, 1.807) is 60.7 Å². The molecule has 3 aromatic rings. The molecule has 0 aliphatic heterocycles. The Kier molecular flexibility index (Phi) is 6.80. The first kappa shape index (κ1) is 21.0. The van der Waals surface area contributed by atoms with Gasteiger partial charge in [0.2, 0.25) is 5.91 Å². The van der Waals surface area contributed by atoms with E-state index in [0.717, 1.165) is 5.56 Å². The molecule has 0 atom stereocenters. The zero-order chi connectivity index (χ0) is 21.5. The van der Waals surface area contributed by atoms with Crippen LogP contribution in [0.2, 0.25) is 0 Å². The molecule has 3 rings (SSSR count). The highest BCUT2D eigenvalue weighted by atomic mass is 19.1. The van der Waals surface area contributed by atoms with Gasteiger partial charge in [-0.1, -0.05) is 38.1 Å². The van der Waals surface area contributed by atoms with E-state index in [2.05, 4.69) is 10.6 Å². The van der Waals surface area contributed by atoms with Crippen LogP contribution < -0.4 is 15.4 Å². The van der Waals surface area contributed by atoms with Crippen LogP contribution in [0.3, 0.4) is 0 Å². The summed E-state index contributed by atoms with van der Waals surface area (Å²) < 4.78 is 18.8. The molecular weight excluding hydrogens is 383 g/mol. The molecule has 0 saturated heterocycles. The van der Waals surface area contributed by atoms with Crippen LogP contribution in [0.15, 0.2) is 72.8 Å². The highest BCUT2D eigenvalue weighted by Crippen LogP contribution is 2.22. The first-order valence-electron chi connectivity index (χ1n) is 9.61. The van der Waals surface area contributed by atoms with Gasteiger partial charge in [0.05, 0.1) is 5.56 Å². The van der Waals surface area contributed by atoms with Crippen LogP contribution in [0.4, 0.5) is 15.8 Å². The molecule has 3 aromatic carbocycles. The van der Waals surface area contributed by atoms with Gasteiger partial charge < -0.3 is 15.4 Å². The number of hydrogen-bond donors (Lipinski definition) is 2. The number of nitrogens with one attached hydrogen (secondary N) is 2. The second-order valence-corrected chi connectivity index (χ2v) is 7.09. The summed E-state index contributed by atoms with van der Waals surface area (Å²) in [6.07, 6.45) is 0. The number of amides is 2. The maximum atomic E-state index is 13.0. The van der Waals surface area contributed by atoms with Crippen molar-refractivity contribution >= 4 is 23.2 Å². The van der Waals surface area contributed by atoms with Gasteiger partial charge in [0.25, 0.3) is 5.91 Å². The Labute approximate surface area is 174 Å². The fourth-order valence-corrected chi connectivity index (χ4v) is 2.64. The minimum Gasteiger partial charge on any atom is -0.488 e. The average molecular weight is 406 g/mol. The van der Waals surface area contributed by atoms with Crippen molar-refractivity contribution in [1.29, 1.82) is 0 Å². The van der Waals surface area contributed by atoms with Crippen molar-refractivity contribution in [1.82, 2.24) is 0 Å². The van der Waals surface area contributed by atoms with Crippen molar-refractivity contribution < 1.29 is 18.7 Å². The normalized spacial score (nSPS) is 10.5. The number of carbonyl (C=O) groups excluding carboxylic acids is 2. The number of carbonyl (C=O) groups is 2. The highest BCUT2D eigenvalue weighted by molar-refractivity contribution is 6.06. The van der Waals surface area contributed by atoms with Gasteiger partial charge in [0.15, 0.2) is 0 Å². The molecule has 0 unspecified atom stereocenters. The first-order valence-corrected chi connectivity index (χ1v) is 9.61. The van der Waals surface area contributed by atoms with Gasteiger partial charge in [-0.15, -0.1) is 0 Å². The predicted molar refractivity (Wildman–Crippen MR) is 115 cm³/mol. The van der Waals surface area contributed by atoms with E-state index in [4.69, 9.17) is 4.74 Å². The zero-order valence-electron chi connectivity index (χ0n) is 16.8. The zero-order valence-corrected chi connectivity index (χ0v) is 16.8. The average Bonchev–Trinajstić information content (AvgIpc) is 2.75. The molecule has 2 amide bonds. The fourth-order valence-electron chi connectivity index (χ4n) is 2.64. The van der Waals surface area contributed by atoms with E-state index in [0.29, 0.717) is 22.7 Å². The number of benzene rings is 3. The first-order chi connectivity index (χ1) is 14.4. The third-order valence-corrected chi connectivity index (χ3v) is 4.37. The summed E-state index contributed by atoms with van der Waals surface area (Å²) >= 11 is 0. The summed E-state index contributed by atoms with van der Waals surface area (Å²) in [5, 5.41) is 5.63. The predicted octanol–water partition coefficient (Wildman–Crippen LogP) is 5.25. The number of rotatable bonds is 7. The molecule has 30 heavy (non-hydrogen) atoms. The van der Waals surface area contributed by atoms with E-state index in [9.17, 15) is 14.0 Å². The lowest BCUT2D eigenvalue weighted by Gasteiger charge is -2.12. The van der Waals surface area contributed by atoms with Crippen LogP contribution in [0.25, 0.3) is 0 Å². The maximum Gasteiger partial charge on any atom is 0.259 e. The summed E-state index contributed by atoms with van der Waals surface area (Å²) in [6.45, 7) is 3.86. The topological polar surface area (TPSA) is 67.4 Å². The Morgan fingerprint density at radius 3 is 2.10 bits per heavy atom. The summed E-state index contributed by atoms with van der Waals surface area (Å²) in [6, 6.07) is 19.8. The van der Waals surface area contributed by atoms with Crippen molar-refractivity contribution in [3.63, 3.8) is 0 Å². The summed E-state index contributed by atoms with van der Waals surface area (Å²) in [7, 11) is 0. The van der Waals surface area contributed by atoms with Crippen LogP contribution in [0.1, 0.15) is 29.8 Å². The molecule has 0 aliphatic rings. The summed E-state index contributed by atoms with van der Waals surface area (Å²) in [5.41, 5.74) is 2.44. The molecule has 0 heterocycles. The number of anilines is 2. The SMILES string of the molecule is CC(C)C(=O)Nc1ccc(NC(=O)c2ccccc2OCc2ccc(F)cc2)cc1. The van der Waals surface area contributed by atoms with E-state index in [1.165, 1.54) is 12.1 Å². The van der Waals surface area contributed by atoms with Gasteiger partial charge in [-0.05, 0) is 54.1 Å². The second-order valence-electron chi connectivity index (χ2n) is 7.09.